The molecule has 0 radical (unpaired) electrons. The second kappa shape index (κ2) is 7.03. The minimum atomic E-state index is -0.162. The second-order valence-electron chi connectivity index (χ2n) is 5.31. The first-order chi connectivity index (χ1) is 10.4. The van der Waals surface area contributed by atoms with E-state index >= 15 is 0 Å². The molecule has 1 atom stereocenters. The number of carbonyl (C=O) groups is 1. The molecule has 0 aliphatic carbocycles. The monoisotopic (exact) mass is 336 g/mol. The highest BCUT2D eigenvalue weighted by Crippen LogP contribution is 2.25. The van der Waals surface area contributed by atoms with E-state index in [1.165, 1.54) is 0 Å². The Morgan fingerprint density at radius 1 is 1.09 bits per heavy atom. The number of anilines is 1. The molecule has 0 saturated heterocycles. The molecule has 2 aromatic rings. The van der Waals surface area contributed by atoms with E-state index in [0.717, 1.165) is 11.3 Å². The summed E-state index contributed by atoms with van der Waals surface area (Å²) >= 11 is 11.9. The van der Waals surface area contributed by atoms with Gasteiger partial charge in [-0.2, -0.15) is 0 Å². The maximum atomic E-state index is 12.4. The summed E-state index contributed by atoms with van der Waals surface area (Å²) in [6, 6.07) is 12.7. The van der Waals surface area contributed by atoms with Gasteiger partial charge in [-0.3, -0.25) is 4.79 Å². The van der Waals surface area contributed by atoms with Crippen LogP contribution in [0.15, 0.2) is 42.5 Å². The fourth-order valence-corrected chi connectivity index (χ4v) is 2.38. The van der Waals surface area contributed by atoms with Crippen molar-refractivity contribution in [2.75, 3.05) is 19.0 Å². The highest BCUT2D eigenvalue weighted by molar-refractivity contribution is 6.42. The zero-order chi connectivity index (χ0) is 16.3. The Morgan fingerprint density at radius 3 is 2.45 bits per heavy atom. The lowest BCUT2D eigenvalue weighted by Crippen LogP contribution is -2.26. The molecule has 0 saturated carbocycles. The Hall–Kier alpha value is -1.71. The minimum absolute atomic E-state index is 0.123. The van der Waals surface area contributed by atoms with Crippen LogP contribution in [0.2, 0.25) is 10.0 Å². The van der Waals surface area contributed by atoms with Crippen LogP contribution in [0.25, 0.3) is 0 Å². The van der Waals surface area contributed by atoms with Crippen molar-refractivity contribution in [3.63, 3.8) is 0 Å². The molecule has 2 rings (SSSR count). The summed E-state index contributed by atoms with van der Waals surface area (Å²) in [7, 11) is 3.88. The minimum Gasteiger partial charge on any atom is -0.378 e. The molecule has 5 heteroatoms. The van der Waals surface area contributed by atoms with Gasteiger partial charge in [-0.25, -0.2) is 0 Å². The van der Waals surface area contributed by atoms with Crippen molar-refractivity contribution in [2.45, 2.75) is 13.0 Å². The SMILES string of the molecule is CC(NC(=O)c1cccc(N(C)C)c1)c1ccc(Cl)c(Cl)c1. The summed E-state index contributed by atoms with van der Waals surface area (Å²) in [5, 5.41) is 3.95. The van der Waals surface area contributed by atoms with Crippen LogP contribution in [0.5, 0.6) is 0 Å². The van der Waals surface area contributed by atoms with Gasteiger partial charge in [-0.05, 0) is 42.8 Å². The van der Waals surface area contributed by atoms with Gasteiger partial charge in [-0.15, -0.1) is 0 Å². The molecule has 0 spiro atoms. The molecule has 2 aromatic carbocycles. The molecule has 116 valence electrons. The topological polar surface area (TPSA) is 32.3 Å². The van der Waals surface area contributed by atoms with Gasteiger partial charge < -0.3 is 10.2 Å². The standard InChI is InChI=1S/C17H18Cl2N2O/c1-11(12-7-8-15(18)16(19)10-12)20-17(22)13-5-4-6-14(9-13)21(2)3/h4-11H,1-3H3,(H,20,22). The molecule has 0 aliphatic rings. The highest BCUT2D eigenvalue weighted by atomic mass is 35.5. The highest BCUT2D eigenvalue weighted by Gasteiger charge is 2.13. The number of nitrogens with one attached hydrogen (secondary N) is 1. The first-order valence-electron chi connectivity index (χ1n) is 6.91. The second-order valence-corrected chi connectivity index (χ2v) is 6.13. The molecule has 0 fully saturated rings. The Balaban J connectivity index is 2.14. The lowest BCUT2D eigenvalue weighted by molar-refractivity contribution is 0.0940. The number of nitrogens with zero attached hydrogens (tertiary/aromatic N) is 1. The van der Waals surface area contributed by atoms with E-state index in [4.69, 9.17) is 23.2 Å². The summed E-state index contributed by atoms with van der Waals surface area (Å²) in [6.07, 6.45) is 0. The summed E-state index contributed by atoms with van der Waals surface area (Å²) in [5.41, 5.74) is 2.51. The van der Waals surface area contributed by atoms with E-state index in [9.17, 15) is 4.79 Å². The van der Waals surface area contributed by atoms with Gasteiger partial charge in [0.15, 0.2) is 0 Å². The fraction of sp³-hybridized carbons (Fsp3) is 0.235. The van der Waals surface area contributed by atoms with Crippen molar-refractivity contribution in [3.8, 4) is 0 Å². The zero-order valence-corrected chi connectivity index (χ0v) is 14.2. The molecule has 0 aliphatic heterocycles. The third-order valence-corrected chi connectivity index (χ3v) is 4.16. The molecule has 1 amide bonds. The quantitative estimate of drug-likeness (QED) is 0.888. The maximum Gasteiger partial charge on any atom is 0.251 e. The van der Waals surface area contributed by atoms with Crippen LogP contribution >= 0.6 is 23.2 Å². The van der Waals surface area contributed by atoms with Crippen molar-refractivity contribution in [3.05, 3.63) is 63.6 Å². The lowest BCUT2D eigenvalue weighted by Gasteiger charge is -2.17. The normalized spacial score (nSPS) is 11.9. The van der Waals surface area contributed by atoms with Crippen LogP contribution in [0.1, 0.15) is 28.9 Å². The van der Waals surface area contributed by atoms with Gasteiger partial charge in [0, 0.05) is 25.3 Å². The van der Waals surface area contributed by atoms with E-state index in [0.29, 0.717) is 15.6 Å². The van der Waals surface area contributed by atoms with Crippen LogP contribution in [-0.2, 0) is 0 Å². The fourth-order valence-electron chi connectivity index (χ4n) is 2.07. The first-order valence-corrected chi connectivity index (χ1v) is 7.67. The van der Waals surface area contributed by atoms with Crippen LogP contribution < -0.4 is 10.2 Å². The number of benzene rings is 2. The Kier molecular flexibility index (Phi) is 5.33. The number of rotatable bonds is 4. The van der Waals surface area contributed by atoms with Crippen molar-refractivity contribution >= 4 is 34.8 Å². The maximum absolute atomic E-state index is 12.4. The first kappa shape index (κ1) is 16.7. The Morgan fingerprint density at radius 2 is 1.82 bits per heavy atom. The molecule has 3 nitrogen and oxygen atoms in total. The van der Waals surface area contributed by atoms with E-state index in [-0.39, 0.29) is 11.9 Å². The molecule has 22 heavy (non-hydrogen) atoms. The van der Waals surface area contributed by atoms with Crippen molar-refractivity contribution in [2.24, 2.45) is 0 Å². The predicted octanol–water partition coefficient (Wildman–Crippen LogP) is 4.55. The largest absolute Gasteiger partial charge is 0.378 e. The van der Waals surface area contributed by atoms with Gasteiger partial charge in [0.25, 0.3) is 5.91 Å². The zero-order valence-electron chi connectivity index (χ0n) is 12.7. The van der Waals surface area contributed by atoms with Gasteiger partial charge in [0.2, 0.25) is 0 Å². The van der Waals surface area contributed by atoms with Crippen LogP contribution in [-0.4, -0.2) is 20.0 Å². The molecule has 1 N–H and O–H groups in total. The number of carbonyl (C=O) groups excluding carboxylic acids is 1. The van der Waals surface area contributed by atoms with Crippen LogP contribution in [0.3, 0.4) is 0 Å². The summed E-state index contributed by atoms with van der Waals surface area (Å²) in [6.45, 7) is 1.91. The molecular formula is C17H18Cl2N2O. The van der Waals surface area contributed by atoms with Crippen LogP contribution in [0, 0.1) is 0 Å². The summed E-state index contributed by atoms with van der Waals surface area (Å²) in [4.78, 5) is 14.3. The number of hydrogen-bond acceptors (Lipinski definition) is 2. The van der Waals surface area contributed by atoms with Gasteiger partial charge in [0.05, 0.1) is 16.1 Å². The third kappa shape index (κ3) is 3.93. The molecule has 1 unspecified atom stereocenters. The summed E-state index contributed by atoms with van der Waals surface area (Å²) in [5.74, 6) is -0.123. The van der Waals surface area contributed by atoms with Gasteiger partial charge in [-0.1, -0.05) is 35.3 Å². The molecule has 0 heterocycles. The van der Waals surface area contributed by atoms with Gasteiger partial charge in [0.1, 0.15) is 0 Å². The van der Waals surface area contributed by atoms with Crippen LogP contribution in [0.4, 0.5) is 5.69 Å². The van der Waals surface area contributed by atoms with E-state index < -0.39 is 0 Å². The number of amides is 1. The molecular weight excluding hydrogens is 319 g/mol. The molecule has 0 bridgehead atoms. The van der Waals surface area contributed by atoms with E-state index in [2.05, 4.69) is 5.32 Å². The van der Waals surface area contributed by atoms with Crippen molar-refractivity contribution in [1.29, 1.82) is 0 Å². The Bertz CT molecular complexity index is 686. The average molecular weight is 337 g/mol. The predicted molar refractivity (Wildman–Crippen MR) is 93.1 cm³/mol. The summed E-state index contributed by atoms with van der Waals surface area (Å²) < 4.78 is 0. The van der Waals surface area contributed by atoms with Crippen molar-refractivity contribution < 1.29 is 4.79 Å². The smallest absolute Gasteiger partial charge is 0.251 e. The third-order valence-electron chi connectivity index (χ3n) is 3.42. The lowest BCUT2D eigenvalue weighted by atomic mass is 10.1. The van der Waals surface area contributed by atoms with E-state index in [1.807, 2.05) is 50.2 Å². The number of hydrogen-bond donors (Lipinski definition) is 1. The van der Waals surface area contributed by atoms with Gasteiger partial charge >= 0.3 is 0 Å². The molecule has 0 aromatic heterocycles. The van der Waals surface area contributed by atoms with Crippen molar-refractivity contribution in [1.82, 2.24) is 5.32 Å². The Labute approximate surface area is 140 Å². The van der Waals surface area contributed by atoms with E-state index in [1.54, 1.807) is 18.2 Å². The average Bonchev–Trinajstić information content (AvgIpc) is 2.50. The number of halogens is 2.